The number of carbonyl (C=O) groups is 2. The molecule has 0 aromatic heterocycles. The third-order valence-electron chi connectivity index (χ3n) is 10.6. The minimum Gasteiger partial charge on any atom is -0.458 e. The molecule has 3 heteroatoms. The van der Waals surface area contributed by atoms with E-state index in [2.05, 4.69) is 26.0 Å². The fraction of sp³-hybridized carbons (Fsp3) is 0.760. The highest BCUT2D eigenvalue weighted by Gasteiger charge is 2.79. The minimum absolute atomic E-state index is 0.0348. The molecule has 0 radical (unpaired) electrons. The summed E-state index contributed by atoms with van der Waals surface area (Å²) in [5.74, 6) is 3.03. The lowest BCUT2D eigenvalue weighted by atomic mass is 9.47. The van der Waals surface area contributed by atoms with Crippen LogP contribution in [-0.2, 0) is 14.3 Å². The molecule has 148 valence electrons. The normalized spacial score (nSPS) is 54.4. The second-order valence-corrected chi connectivity index (χ2v) is 11.6. The van der Waals surface area contributed by atoms with Gasteiger partial charge in [0.2, 0.25) is 0 Å². The standard InChI is InChI=1S/C25H30O3/c1-22-6-3-14(26)11-19(22)24(9-10-24)13-16-17(22)4-7-23(2)21(16)15-12-18(15)25(23)8-5-20(27)28-25/h4,11,15-16,18,21H,3,5-10,12-13H2,1-2H3/t15?,16?,18?,21?,22-,23+,25+/m1/s1. The summed E-state index contributed by atoms with van der Waals surface area (Å²) < 4.78 is 6.21. The van der Waals surface area contributed by atoms with Crippen molar-refractivity contribution in [1.82, 2.24) is 0 Å². The zero-order valence-electron chi connectivity index (χ0n) is 17.1. The summed E-state index contributed by atoms with van der Waals surface area (Å²) in [5, 5.41) is 0. The number of carbonyl (C=O) groups excluding carboxylic acids is 2. The molecule has 0 amide bonds. The van der Waals surface area contributed by atoms with Crippen LogP contribution in [0.1, 0.15) is 71.6 Å². The third kappa shape index (κ3) is 1.60. The van der Waals surface area contributed by atoms with E-state index in [9.17, 15) is 9.59 Å². The van der Waals surface area contributed by atoms with Gasteiger partial charge in [-0.05, 0) is 74.2 Å². The van der Waals surface area contributed by atoms with E-state index in [1.165, 1.54) is 31.3 Å². The van der Waals surface area contributed by atoms with Crippen LogP contribution < -0.4 is 0 Å². The first-order valence-corrected chi connectivity index (χ1v) is 11.5. The molecule has 0 bridgehead atoms. The molecule has 0 aromatic rings. The van der Waals surface area contributed by atoms with Crippen LogP contribution in [0.25, 0.3) is 0 Å². The van der Waals surface area contributed by atoms with Crippen LogP contribution in [-0.4, -0.2) is 17.4 Å². The smallest absolute Gasteiger partial charge is 0.306 e. The number of ether oxygens (including phenoxy) is 1. The maximum absolute atomic E-state index is 12.3. The lowest BCUT2D eigenvalue weighted by molar-refractivity contribution is -0.166. The van der Waals surface area contributed by atoms with Gasteiger partial charge in [-0.25, -0.2) is 0 Å². The van der Waals surface area contributed by atoms with Gasteiger partial charge >= 0.3 is 5.97 Å². The van der Waals surface area contributed by atoms with Crippen LogP contribution in [0.4, 0.5) is 0 Å². The van der Waals surface area contributed by atoms with Crippen molar-refractivity contribution in [1.29, 1.82) is 0 Å². The van der Waals surface area contributed by atoms with Crippen molar-refractivity contribution in [2.45, 2.75) is 77.2 Å². The summed E-state index contributed by atoms with van der Waals surface area (Å²) in [7, 11) is 0. The largest absolute Gasteiger partial charge is 0.458 e. The second-order valence-electron chi connectivity index (χ2n) is 11.6. The molecule has 0 aromatic carbocycles. The number of hydrogen-bond donors (Lipinski definition) is 0. The number of esters is 1. The Morgan fingerprint density at radius 2 is 1.89 bits per heavy atom. The van der Waals surface area contributed by atoms with Crippen LogP contribution in [0.5, 0.6) is 0 Å². The van der Waals surface area contributed by atoms with Gasteiger partial charge in [0.15, 0.2) is 5.78 Å². The van der Waals surface area contributed by atoms with Gasteiger partial charge < -0.3 is 4.74 Å². The first-order chi connectivity index (χ1) is 13.3. The summed E-state index contributed by atoms with van der Waals surface area (Å²) >= 11 is 0. The monoisotopic (exact) mass is 378 g/mol. The maximum atomic E-state index is 12.3. The quantitative estimate of drug-likeness (QED) is 0.451. The molecule has 1 aliphatic heterocycles. The predicted molar refractivity (Wildman–Crippen MR) is 104 cm³/mol. The Hall–Kier alpha value is -1.38. The molecule has 3 nitrogen and oxygen atoms in total. The van der Waals surface area contributed by atoms with Crippen molar-refractivity contribution in [2.75, 3.05) is 0 Å². The molecule has 6 aliphatic carbocycles. The Morgan fingerprint density at radius 1 is 1.07 bits per heavy atom. The lowest BCUT2D eigenvalue weighted by Crippen LogP contribution is -2.54. The van der Waals surface area contributed by atoms with E-state index in [1.54, 1.807) is 5.57 Å². The lowest BCUT2D eigenvalue weighted by Gasteiger charge is -2.58. The zero-order chi connectivity index (χ0) is 19.1. The van der Waals surface area contributed by atoms with Gasteiger partial charge in [-0.15, -0.1) is 0 Å². The SMILES string of the molecule is C[C@]12CCC(=O)C=C1C1(CC1)CC1C2=CC[C@@]2(C)C1C1CC1[C@@]21CCC(=O)O1. The summed E-state index contributed by atoms with van der Waals surface area (Å²) in [4.78, 5) is 24.5. The van der Waals surface area contributed by atoms with E-state index in [-0.39, 0.29) is 22.4 Å². The number of ketones is 1. The summed E-state index contributed by atoms with van der Waals surface area (Å²) in [6, 6.07) is 0. The van der Waals surface area contributed by atoms with Gasteiger partial charge in [-0.2, -0.15) is 0 Å². The number of rotatable bonds is 0. The van der Waals surface area contributed by atoms with Gasteiger partial charge in [-0.1, -0.05) is 31.1 Å². The highest BCUT2D eigenvalue weighted by molar-refractivity contribution is 5.92. The molecule has 4 saturated carbocycles. The number of allylic oxidation sites excluding steroid dienone is 4. The van der Waals surface area contributed by atoms with Crippen LogP contribution in [0, 0.1) is 39.9 Å². The van der Waals surface area contributed by atoms with Crippen LogP contribution in [0.15, 0.2) is 23.3 Å². The minimum atomic E-state index is -0.183. The van der Waals surface area contributed by atoms with Crippen LogP contribution in [0.2, 0.25) is 0 Å². The molecule has 28 heavy (non-hydrogen) atoms. The number of hydrogen-bond acceptors (Lipinski definition) is 3. The van der Waals surface area contributed by atoms with E-state index < -0.39 is 0 Å². The molecule has 1 heterocycles. The number of fused-ring (bicyclic) bond motifs is 10. The summed E-state index contributed by atoms with van der Waals surface area (Å²) in [6.07, 6.45) is 14.0. The van der Waals surface area contributed by atoms with Crippen molar-refractivity contribution in [3.63, 3.8) is 0 Å². The van der Waals surface area contributed by atoms with Gasteiger partial charge in [0, 0.05) is 29.6 Å². The Bertz CT molecular complexity index is 907. The van der Waals surface area contributed by atoms with Crippen LogP contribution in [0.3, 0.4) is 0 Å². The first-order valence-electron chi connectivity index (χ1n) is 11.5. The fourth-order valence-corrected chi connectivity index (χ4v) is 9.27. The third-order valence-corrected chi connectivity index (χ3v) is 10.6. The second kappa shape index (κ2) is 4.52. The van der Waals surface area contributed by atoms with Crippen molar-refractivity contribution >= 4 is 11.8 Å². The molecule has 2 spiro atoms. The molecular formula is C25H30O3. The van der Waals surface area contributed by atoms with Crippen molar-refractivity contribution in [2.24, 2.45) is 39.9 Å². The van der Waals surface area contributed by atoms with Gasteiger partial charge in [-0.3, -0.25) is 9.59 Å². The van der Waals surface area contributed by atoms with Gasteiger partial charge in [0.05, 0.1) is 0 Å². The van der Waals surface area contributed by atoms with E-state index in [1.807, 2.05) is 0 Å². The van der Waals surface area contributed by atoms with Gasteiger partial charge in [0.25, 0.3) is 0 Å². The van der Waals surface area contributed by atoms with Crippen molar-refractivity contribution in [3.05, 3.63) is 23.3 Å². The predicted octanol–water partition coefficient (Wildman–Crippen LogP) is 4.76. The van der Waals surface area contributed by atoms with Gasteiger partial charge in [0.1, 0.15) is 5.60 Å². The average Bonchev–Trinajstić information content (AvgIpc) is 3.55. The van der Waals surface area contributed by atoms with E-state index in [0.29, 0.717) is 41.8 Å². The molecule has 7 rings (SSSR count). The molecule has 4 unspecified atom stereocenters. The van der Waals surface area contributed by atoms with Crippen molar-refractivity contribution in [3.8, 4) is 0 Å². The molecule has 0 N–H and O–H groups in total. The van der Waals surface area contributed by atoms with Crippen molar-refractivity contribution < 1.29 is 14.3 Å². The zero-order valence-corrected chi connectivity index (χ0v) is 17.1. The summed E-state index contributed by atoms with van der Waals surface area (Å²) in [6.45, 7) is 4.89. The Balaban J connectivity index is 1.38. The average molecular weight is 379 g/mol. The van der Waals surface area contributed by atoms with E-state index in [4.69, 9.17) is 4.74 Å². The summed E-state index contributed by atoms with van der Waals surface area (Å²) in [5.41, 5.74) is 3.46. The molecule has 1 saturated heterocycles. The fourth-order valence-electron chi connectivity index (χ4n) is 9.27. The molecule has 7 atom stereocenters. The Morgan fingerprint density at radius 3 is 2.61 bits per heavy atom. The molecule has 7 aliphatic rings. The highest BCUT2D eigenvalue weighted by atomic mass is 16.6. The first kappa shape index (κ1) is 16.4. The van der Waals surface area contributed by atoms with Crippen LogP contribution >= 0.6 is 0 Å². The topological polar surface area (TPSA) is 43.4 Å². The van der Waals surface area contributed by atoms with E-state index >= 15 is 0 Å². The molecular weight excluding hydrogens is 348 g/mol. The highest BCUT2D eigenvalue weighted by Crippen LogP contribution is 2.80. The van der Waals surface area contributed by atoms with E-state index in [0.717, 1.165) is 25.2 Å². The molecule has 5 fully saturated rings. The maximum Gasteiger partial charge on any atom is 0.306 e. The Labute approximate surface area is 167 Å². The Kier molecular flexibility index (Phi) is 2.65.